The van der Waals surface area contributed by atoms with Gasteiger partial charge in [-0.1, -0.05) is 124 Å². The molecule has 0 radical (unpaired) electrons. The summed E-state index contributed by atoms with van der Waals surface area (Å²) in [6.07, 6.45) is 48.2. The lowest BCUT2D eigenvalue weighted by Gasteiger charge is -2.19. The van der Waals surface area contributed by atoms with Gasteiger partial charge in [-0.2, -0.15) is 0 Å². The normalized spacial score (nSPS) is 14.9. The van der Waals surface area contributed by atoms with E-state index in [4.69, 9.17) is 24.3 Å². The Morgan fingerprint density at radius 1 is 0.607 bits per heavy atom. The van der Waals surface area contributed by atoms with Crippen LogP contribution in [-0.4, -0.2) is 60.5 Å². The van der Waals surface area contributed by atoms with E-state index in [1.807, 2.05) is 19.1 Å². The third kappa shape index (κ3) is 39.1. The minimum atomic E-state index is -4.42. The molecule has 318 valence electrons. The number of ether oxygens (including phenoxy) is 2. The van der Waals surface area contributed by atoms with Gasteiger partial charge in [0.25, 0.3) is 0 Å². The topological polar surface area (TPSA) is 155 Å². The van der Waals surface area contributed by atoms with Crippen molar-refractivity contribution in [1.29, 1.82) is 0 Å². The van der Waals surface area contributed by atoms with E-state index in [2.05, 4.69) is 92.0 Å². The zero-order valence-corrected chi connectivity index (χ0v) is 35.3. The summed E-state index contributed by atoms with van der Waals surface area (Å²) in [5.74, 6) is -0.990. The summed E-state index contributed by atoms with van der Waals surface area (Å²) in [6.45, 7) is 3.25. The number of carbonyl (C=O) groups excluding carboxylic acids is 2. The predicted molar refractivity (Wildman–Crippen MR) is 230 cm³/mol. The number of aliphatic hydroxyl groups is 1. The molecule has 0 heterocycles. The fourth-order valence-corrected chi connectivity index (χ4v) is 5.60. The van der Waals surface area contributed by atoms with E-state index >= 15 is 0 Å². The Morgan fingerprint density at radius 3 is 1.52 bits per heavy atom. The fraction of sp³-hybridized carbons (Fsp3) is 0.600. The summed E-state index contributed by atoms with van der Waals surface area (Å²) in [5, 5.41) is 9.55. The number of rotatable bonds is 37. The van der Waals surface area contributed by atoms with Crippen molar-refractivity contribution in [2.24, 2.45) is 5.73 Å². The number of hydrogen-bond acceptors (Lipinski definition) is 9. The lowest BCUT2D eigenvalue weighted by molar-refractivity contribution is -0.161. The summed E-state index contributed by atoms with van der Waals surface area (Å²) in [7, 11) is -4.42. The van der Waals surface area contributed by atoms with Gasteiger partial charge in [-0.15, -0.1) is 0 Å². The third-order valence-corrected chi connectivity index (χ3v) is 9.09. The first-order valence-corrected chi connectivity index (χ1v) is 22.3. The van der Waals surface area contributed by atoms with Crippen LogP contribution in [0.4, 0.5) is 0 Å². The number of hydrogen-bond donors (Lipinski definition) is 3. The number of aliphatic hydroxyl groups excluding tert-OH is 1. The highest BCUT2D eigenvalue weighted by Gasteiger charge is 2.25. The van der Waals surface area contributed by atoms with Crippen LogP contribution in [0.5, 0.6) is 0 Å². The molecule has 0 aromatic heterocycles. The van der Waals surface area contributed by atoms with Gasteiger partial charge < -0.3 is 25.2 Å². The Kier molecular flexibility index (Phi) is 37.9. The number of allylic oxidation sites excluding steroid dienone is 16. The number of phosphoric ester groups is 1. The van der Waals surface area contributed by atoms with Crippen LogP contribution in [-0.2, 0) is 32.7 Å². The lowest BCUT2D eigenvalue weighted by Crippen LogP contribution is -2.29. The molecule has 3 atom stereocenters. The zero-order valence-electron chi connectivity index (χ0n) is 34.4. The molecule has 0 aromatic rings. The van der Waals surface area contributed by atoms with E-state index in [0.717, 1.165) is 64.2 Å². The van der Waals surface area contributed by atoms with Gasteiger partial charge in [-0.25, -0.2) is 4.57 Å². The largest absolute Gasteiger partial charge is 0.472 e. The van der Waals surface area contributed by atoms with Crippen LogP contribution < -0.4 is 5.73 Å². The van der Waals surface area contributed by atoms with Crippen molar-refractivity contribution in [3.05, 3.63) is 97.2 Å². The van der Waals surface area contributed by atoms with E-state index in [-0.39, 0.29) is 38.7 Å². The minimum absolute atomic E-state index is 0.0267. The van der Waals surface area contributed by atoms with Crippen LogP contribution in [0.15, 0.2) is 97.2 Å². The average molecular weight is 804 g/mol. The molecule has 4 N–H and O–H groups in total. The van der Waals surface area contributed by atoms with Crippen molar-refractivity contribution < 1.29 is 42.7 Å². The van der Waals surface area contributed by atoms with Crippen LogP contribution in [0.25, 0.3) is 0 Å². The number of unbranched alkanes of at least 4 members (excludes halogenated alkanes) is 5. The van der Waals surface area contributed by atoms with E-state index in [0.29, 0.717) is 25.7 Å². The Labute approximate surface area is 339 Å². The van der Waals surface area contributed by atoms with Gasteiger partial charge in [0.05, 0.1) is 19.3 Å². The van der Waals surface area contributed by atoms with Gasteiger partial charge in [-0.05, 0) is 96.3 Å². The molecule has 11 heteroatoms. The molecule has 0 bridgehead atoms. The average Bonchev–Trinajstić information content (AvgIpc) is 3.18. The van der Waals surface area contributed by atoms with Crippen molar-refractivity contribution in [3.8, 4) is 0 Å². The molecule has 0 fully saturated rings. The second-order valence-electron chi connectivity index (χ2n) is 13.3. The van der Waals surface area contributed by atoms with Gasteiger partial charge in [-0.3, -0.25) is 18.6 Å². The maximum absolute atomic E-state index is 12.5. The van der Waals surface area contributed by atoms with E-state index < -0.39 is 32.5 Å². The molecule has 0 spiro atoms. The highest BCUT2D eigenvalue weighted by molar-refractivity contribution is 7.47. The lowest BCUT2D eigenvalue weighted by atomic mass is 10.1. The second-order valence-corrected chi connectivity index (χ2v) is 14.7. The number of nitrogens with two attached hydrogens (primary N) is 1. The van der Waals surface area contributed by atoms with Crippen LogP contribution >= 0.6 is 7.82 Å². The van der Waals surface area contributed by atoms with Crippen molar-refractivity contribution in [1.82, 2.24) is 0 Å². The van der Waals surface area contributed by atoms with Crippen LogP contribution in [0.3, 0.4) is 0 Å². The summed E-state index contributed by atoms with van der Waals surface area (Å²) < 4.78 is 32.6. The maximum Gasteiger partial charge on any atom is 0.472 e. The highest BCUT2D eigenvalue weighted by Crippen LogP contribution is 2.43. The van der Waals surface area contributed by atoms with Gasteiger partial charge in [0, 0.05) is 19.4 Å². The number of carbonyl (C=O) groups is 2. The molecular formula is C45H74NO9P. The summed E-state index contributed by atoms with van der Waals surface area (Å²) in [5.41, 5.74) is 5.33. The second kappa shape index (κ2) is 40.1. The molecule has 0 amide bonds. The van der Waals surface area contributed by atoms with Gasteiger partial charge >= 0.3 is 19.8 Å². The SMILES string of the molecule is CCCCC/C=C\C/C=C\C/C=C\C/C=C\CCCC(=O)O[C@H](COC(=O)CCC/C=C\C/C=C\C/C=C\C/C=C\CC[C@@H](O)CC)COP(=O)(O)OCCN. The molecule has 10 nitrogen and oxygen atoms in total. The zero-order chi connectivity index (χ0) is 41.2. The van der Waals surface area contributed by atoms with E-state index in [1.54, 1.807) is 0 Å². The van der Waals surface area contributed by atoms with Crippen LogP contribution in [0, 0.1) is 0 Å². The molecule has 0 aliphatic carbocycles. The number of phosphoric acid groups is 1. The first-order chi connectivity index (χ1) is 27.2. The molecule has 0 rings (SSSR count). The third-order valence-electron chi connectivity index (χ3n) is 8.11. The van der Waals surface area contributed by atoms with Gasteiger partial charge in [0.2, 0.25) is 0 Å². The maximum atomic E-state index is 12.5. The van der Waals surface area contributed by atoms with Crippen molar-refractivity contribution in [2.75, 3.05) is 26.4 Å². The Morgan fingerprint density at radius 2 is 1.05 bits per heavy atom. The predicted octanol–water partition coefficient (Wildman–Crippen LogP) is 10.8. The quantitative estimate of drug-likeness (QED) is 0.0239. The van der Waals surface area contributed by atoms with Crippen molar-refractivity contribution >= 4 is 19.8 Å². The van der Waals surface area contributed by atoms with Crippen LogP contribution in [0.1, 0.15) is 136 Å². The molecule has 0 saturated carbocycles. The Balaban J connectivity index is 4.41. The monoisotopic (exact) mass is 804 g/mol. The molecule has 1 unspecified atom stereocenters. The molecule has 0 aliphatic rings. The first kappa shape index (κ1) is 52.9. The van der Waals surface area contributed by atoms with Crippen molar-refractivity contribution in [2.45, 2.75) is 148 Å². The fourth-order valence-electron chi connectivity index (χ4n) is 4.83. The van der Waals surface area contributed by atoms with E-state index in [9.17, 15) is 24.2 Å². The van der Waals surface area contributed by atoms with Gasteiger partial charge in [0.1, 0.15) is 6.61 Å². The molecular weight excluding hydrogens is 729 g/mol. The minimum Gasteiger partial charge on any atom is -0.462 e. The summed E-state index contributed by atoms with van der Waals surface area (Å²) >= 11 is 0. The smallest absolute Gasteiger partial charge is 0.462 e. The highest BCUT2D eigenvalue weighted by atomic mass is 31.2. The first-order valence-electron chi connectivity index (χ1n) is 20.8. The summed E-state index contributed by atoms with van der Waals surface area (Å²) in [6, 6.07) is 0. The molecule has 0 aromatic carbocycles. The number of esters is 2. The Bertz CT molecular complexity index is 1250. The van der Waals surface area contributed by atoms with Crippen LogP contribution in [0.2, 0.25) is 0 Å². The Hall–Kier alpha value is -3.11. The van der Waals surface area contributed by atoms with Crippen molar-refractivity contribution in [3.63, 3.8) is 0 Å². The molecule has 0 saturated heterocycles. The standard InChI is InChI=1S/C45H74NO9P/c1-3-5-6-7-8-9-10-11-12-13-14-19-22-25-28-31-34-37-45(49)55-43(41-54-56(50,51)53-39-38-46)40-52-44(48)36-33-30-27-24-21-18-16-15-17-20-23-26-29-32-35-42(47)4-2/h8-9,11-12,14,16-20,24-29,42-43,47H,3-7,10,13,15,21-23,30-41,46H2,1-2H3,(H,50,51)/b9-8-,12-11-,18-16-,19-14-,20-17-,27-24-,28-25-,29-26-/t42-,43+/m0/s1. The van der Waals surface area contributed by atoms with Gasteiger partial charge in [0.15, 0.2) is 6.10 Å². The molecule has 0 aliphatic heterocycles. The molecule has 56 heavy (non-hydrogen) atoms. The van der Waals surface area contributed by atoms with E-state index in [1.165, 1.54) is 19.3 Å². The summed E-state index contributed by atoms with van der Waals surface area (Å²) in [4.78, 5) is 34.8.